The predicted octanol–water partition coefficient (Wildman–Crippen LogP) is 3.25. The van der Waals surface area contributed by atoms with Gasteiger partial charge in [0.15, 0.2) is 5.60 Å². The van der Waals surface area contributed by atoms with E-state index in [9.17, 15) is 19.5 Å². The second kappa shape index (κ2) is 12.9. The van der Waals surface area contributed by atoms with Crippen molar-refractivity contribution in [2.45, 2.75) is 96.9 Å². The maximum atomic E-state index is 14.1. The summed E-state index contributed by atoms with van der Waals surface area (Å²) < 4.78 is 11.3. The number of nitrogens with zero attached hydrogens (tertiary/aromatic N) is 2. The number of amides is 3. The first-order valence-electron chi connectivity index (χ1n) is 15.4. The van der Waals surface area contributed by atoms with E-state index < -0.39 is 11.2 Å². The Labute approximate surface area is 250 Å². The third-order valence-electron chi connectivity index (χ3n) is 8.46. The molecule has 1 saturated carbocycles. The Balaban J connectivity index is 1.53. The van der Waals surface area contributed by atoms with E-state index in [2.05, 4.69) is 24.5 Å². The Bertz CT molecular complexity index is 1140. The van der Waals surface area contributed by atoms with Crippen LogP contribution >= 0.6 is 0 Å². The van der Waals surface area contributed by atoms with Crippen molar-refractivity contribution in [3.63, 3.8) is 0 Å². The molecule has 4 rings (SSSR count). The summed E-state index contributed by atoms with van der Waals surface area (Å²) in [7, 11) is 1.64. The summed E-state index contributed by atoms with van der Waals surface area (Å²) in [6.45, 7) is 13.1. The van der Waals surface area contributed by atoms with E-state index in [0.29, 0.717) is 62.9 Å². The molecule has 0 unspecified atom stereocenters. The van der Waals surface area contributed by atoms with Gasteiger partial charge < -0.3 is 35.0 Å². The highest BCUT2D eigenvalue weighted by molar-refractivity contribution is 6.04. The summed E-state index contributed by atoms with van der Waals surface area (Å²) in [6, 6.07) is 5.36. The van der Waals surface area contributed by atoms with E-state index in [0.717, 1.165) is 18.5 Å². The zero-order chi connectivity index (χ0) is 30.8. The smallest absolute Gasteiger partial charge is 0.270 e. The number of nitrogens with one attached hydrogen (secondary N) is 2. The van der Waals surface area contributed by atoms with Crippen LogP contribution in [0, 0.1) is 17.8 Å². The molecule has 42 heavy (non-hydrogen) atoms. The summed E-state index contributed by atoms with van der Waals surface area (Å²) in [6.07, 6.45) is 3.60. The Morgan fingerprint density at radius 1 is 1.24 bits per heavy atom. The fourth-order valence-corrected chi connectivity index (χ4v) is 5.96. The predicted molar refractivity (Wildman–Crippen MR) is 163 cm³/mol. The number of hydrogen-bond donors (Lipinski definition) is 3. The van der Waals surface area contributed by atoms with Crippen LogP contribution in [-0.2, 0) is 19.1 Å². The Kier molecular flexibility index (Phi) is 9.89. The Morgan fingerprint density at radius 2 is 1.93 bits per heavy atom. The van der Waals surface area contributed by atoms with Gasteiger partial charge in [0.25, 0.3) is 5.91 Å². The van der Waals surface area contributed by atoms with Crippen LogP contribution in [-0.4, -0.2) is 79.5 Å². The number of rotatable bonds is 12. The minimum Gasteiger partial charge on any atom is -0.476 e. The van der Waals surface area contributed by atoms with Gasteiger partial charge in [0.05, 0.1) is 29.2 Å². The van der Waals surface area contributed by atoms with Gasteiger partial charge in [-0.05, 0) is 83.9 Å². The van der Waals surface area contributed by atoms with Gasteiger partial charge in [0, 0.05) is 45.1 Å². The summed E-state index contributed by atoms with van der Waals surface area (Å²) >= 11 is 0. The summed E-state index contributed by atoms with van der Waals surface area (Å²) in [5.74, 6) is -0.0952. The molecule has 0 radical (unpaired) electrons. The molecule has 10 nitrogen and oxygen atoms in total. The highest BCUT2D eigenvalue weighted by Crippen LogP contribution is 2.43. The molecular weight excluding hydrogens is 536 g/mol. The fraction of sp³-hybridized carbons (Fsp3) is 0.719. The molecule has 3 atom stereocenters. The largest absolute Gasteiger partial charge is 0.476 e. The lowest BCUT2D eigenvalue weighted by atomic mass is 9.86. The van der Waals surface area contributed by atoms with Crippen LogP contribution in [0.25, 0.3) is 0 Å². The molecule has 0 bridgehead atoms. The molecule has 0 spiro atoms. The van der Waals surface area contributed by atoms with Crippen LogP contribution in [0.1, 0.15) is 73.6 Å². The molecule has 2 heterocycles. The third kappa shape index (κ3) is 7.44. The molecule has 2 aliphatic heterocycles. The molecular formula is C32H50N4O6. The maximum absolute atomic E-state index is 14.1. The van der Waals surface area contributed by atoms with E-state index >= 15 is 0 Å². The van der Waals surface area contributed by atoms with Crippen LogP contribution in [0.2, 0.25) is 0 Å². The molecule has 234 valence electrons. The van der Waals surface area contributed by atoms with Gasteiger partial charge in [0.1, 0.15) is 5.75 Å². The van der Waals surface area contributed by atoms with Crippen LogP contribution in [0.15, 0.2) is 18.2 Å². The van der Waals surface area contributed by atoms with Crippen molar-refractivity contribution in [2.24, 2.45) is 17.8 Å². The van der Waals surface area contributed by atoms with Gasteiger partial charge in [0.2, 0.25) is 11.8 Å². The van der Waals surface area contributed by atoms with Gasteiger partial charge in [-0.3, -0.25) is 14.4 Å². The van der Waals surface area contributed by atoms with E-state index in [1.165, 1.54) is 0 Å². The summed E-state index contributed by atoms with van der Waals surface area (Å²) in [5.41, 5.74) is -0.645. The molecule has 0 aromatic heterocycles. The second-order valence-electron chi connectivity index (χ2n) is 13.6. The standard InChI is InChI=1S/C32H50N4O6/c1-20(2)15-27(31(3,4)40)34-28(37)21-16-22(19-33-18-21)29(38)36(23-9-10-23)24-11-12-26-25(17-24)35(13-8-14-41-7)30(39)32(5,6)42-26/h11-12,17,20-23,27,33,40H,8-10,13-16,18-19H2,1-7H3,(H,34,37)/t21-,22+,27+/m0/s1. The second-order valence-corrected chi connectivity index (χ2v) is 13.6. The van der Waals surface area contributed by atoms with Crippen molar-refractivity contribution >= 4 is 29.1 Å². The molecule has 3 amide bonds. The van der Waals surface area contributed by atoms with Gasteiger partial charge in [-0.1, -0.05) is 13.8 Å². The maximum Gasteiger partial charge on any atom is 0.270 e. The Hall–Kier alpha value is -2.69. The van der Waals surface area contributed by atoms with Crippen molar-refractivity contribution in [1.82, 2.24) is 10.6 Å². The summed E-state index contributed by atoms with van der Waals surface area (Å²) in [4.78, 5) is 44.4. The lowest BCUT2D eigenvalue weighted by Crippen LogP contribution is -2.55. The highest BCUT2D eigenvalue weighted by Gasteiger charge is 2.43. The molecule has 2 fully saturated rings. The zero-order valence-electron chi connectivity index (χ0n) is 26.4. The molecule has 1 aromatic carbocycles. The van der Waals surface area contributed by atoms with Crippen LogP contribution in [0.3, 0.4) is 0 Å². The van der Waals surface area contributed by atoms with Crippen molar-refractivity contribution in [3.05, 3.63) is 18.2 Å². The van der Waals surface area contributed by atoms with Crippen molar-refractivity contribution in [1.29, 1.82) is 0 Å². The van der Waals surface area contributed by atoms with Crippen molar-refractivity contribution < 1.29 is 29.0 Å². The number of methoxy groups -OCH3 is 1. The number of fused-ring (bicyclic) bond motifs is 1. The van der Waals surface area contributed by atoms with Gasteiger partial charge in [-0.2, -0.15) is 0 Å². The molecule has 1 aromatic rings. The summed E-state index contributed by atoms with van der Waals surface area (Å²) in [5, 5.41) is 17.0. The quantitative estimate of drug-likeness (QED) is 0.322. The van der Waals surface area contributed by atoms with Crippen LogP contribution < -0.4 is 25.2 Å². The van der Waals surface area contributed by atoms with Crippen LogP contribution in [0.4, 0.5) is 11.4 Å². The number of piperidine rings is 1. The first kappa shape index (κ1) is 32.2. The molecule has 3 N–H and O–H groups in total. The number of anilines is 2. The van der Waals surface area contributed by atoms with Crippen molar-refractivity contribution in [2.75, 3.05) is 43.2 Å². The highest BCUT2D eigenvalue weighted by atomic mass is 16.5. The molecule has 1 aliphatic carbocycles. The SMILES string of the molecule is COCCCN1C(=O)C(C)(C)Oc2ccc(N(C(=O)[C@H]3CNC[C@@H](C(=O)N[C@H](CC(C)C)C(C)(C)O)C3)C3CC3)cc21. The molecule has 1 saturated heterocycles. The van der Waals surface area contributed by atoms with E-state index in [1.54, 1.807) is 39.7 Å². The lowest BCUT2D eigenvalue weighted by Gasteiger charge is -2.40. The number of aliphatic hydroxyl groups is 1. The first-order chi connectivity index (χ1) is 19.7. The van der Waals surface area contributed by atoms with Gasteiger partial charge >= 0.3 is 0 Å². The normalized spacial score (nSPS) is 22.8. The fourth-order valence-electron chi connectivity index (χ4n) is 5.96. The topological polar surface area (TPSA) is 120 Å². The molecule has 10 heteroatoms. The van der Waals surface area contributed by atoms with Gasteiger partial charge in [-0.15, -0.1) is 0 Å². The number of carbonyl (C=O) groups is 3. The van der Waals surface area contributed by atoms with Gasteiger partial charge in [-0.25, -0.2) is 0 Å². The average molecular weight is 587 g/mol. The minimum absolute atomic E-state index is 0.0158. The number of carbonyl (C=O) groups excluding carboxylic acids is 3. The average Bonchev–Trinajstić information content (AvgIpc) is 3.75. The van der Waals surface area contributed by atoms with E-state index in [1.807, 2.05) is 23.1 Å². The number of benzene rings is 1. The first-order valence-corrected chi connectivity index (χ1v) is 15.4. The monoisotopic (exact) mass is 586 g/mol. The number of ether oxygens (including phenoxy) is 2. The Morgan fingerprint density at radius 3 is 2.55 bits per heavy atom. The minimum atomic E-state index is -1.05. The third-order valence-corrected chi connectivity index (χ3v) is 8.46. The van der Waals surface area contributed by atoms with Crippen molar-refractivity contribution in [3.8, 4) is 5.75 Å². The van der Waals surface area contributed by atoms with E-state index in [-0.39, 0.29) is 41.6 Å². The number of hydrogen-bond acceptors (Lipinski definition) is 7. The van der Waals surface area contributed by atoms with Crippen LogP contribution in [0.5, 0.6) is 5.75 Å². The lowest BCUT2D eigenvalue weighted by molar-refractivity contribution is -0.133. The molecule has 3 aliphatic rings. The zero-order valence-corrected chi connectivity index (χ0v) is 26.4. The van der Waals surface area contributed by atoms with E-state index in [4.69, 9.17) is 9.47 Å².